The summed E-state index contributed by atoms with van der Waals surface area (Å²) in [7, 11) is -0.281. The fourth-order valence-corrected chi connectivity index (χ4v) is 18.6. The van der Waals surface area contributed by atoms with Gasteiger partial charge in [-0.2, -0.15) is 0 Å². The standard InChI is InChI=1S/2C23H28P.2ClH.Ti/c2*1-3-5-15-24(16-6-4-2)21-17-20-13-10-14-22(23(20)18-21)19-11-8-7-9-12-19;;;/h2*7-14,17-18H,3-6,15-16H2,1-2H3;2*1H;/q;;;;+2/p-2. The Morgan fingerprint density at radius 1 is 0.451 bits per heavy atom. The van der Waals surface area contributed by atoms with Crippen LogP contribution >= 0.6 is 15.8 Å². The van der Waals surface area contributed by atoms with Crippen LogP contribution in [0.5, 0.6) is 0 Å². The summed E-state index contributed by atoms with van der Waals surface area (Å²) in [6.45, 7) is 9.54. The zero-order valence-electron chi connectivity index (χ0n) is 31.2. The average Bonchev–Trinajstić information content (AvgIpc) is 3.71. The molecule has 0 N–H and O–H groups in total. The van der Waals surface area contributed by atoms with Gasteiger partial charge in [-0.15, -0.1) is 0 Å². The summed E-state index contributed by atoms with van der Waals surface area (Å²) in [4.78, 5) is 0. The van der Waals surface area contributed by atoms with Gasteiger partial charge in [-0.1, -0.05) is 0 Å². The molecule has 2 atom stereocenters. The van der Waals surface area contributed by atoms with Gasteiger partial charge in [0.2, 0.25) is 0 Å². The van der Waals surface area contributed by atoms with Crippen molar-refractivity contribution in [1.29, 1.82) is 0 Å². The van der Waals surface area contributed by atoms with Gasteiger partial charge in [0.25, 0.3) is 0 Å². The normalized spacial score (nSPS) is 15.8. The summed E-state index contributed by atoms with van der Waals surface area (Å²) < 4.78 is 1.24. The van der Waals surface area contributed by atoms with Crippen molar-refractivity contribution in [2.75, 3.05) is 24.6 Å². The fourth-order valence-electron chi connectivity index (χ4n) is 7.71. The molecule has 0 nitrogen and oxygen atoms in total. The average molecular weight is 790 g/mol. The Hall–Kier alpha value is -1.49. The van der Waals surface area contributed by atoms with Crippen LogP contribution in [0, 0.1) is 0 Å². The van der Waals surface area contributed by atoms with E-state index in [1.807, 2.05) is 10.6 Å². The first-order chi connectivity index (χ1) is 24.2. The number of fused-ring (bicyclic) bond motifs is 2. The molecule has 2 unspecified atom stereocenters. The largest absolute Gasteiger partial charge is 1.00 e. The molecule has 4 aromatic rings. The first-order valence-corrected chi connectivity index (χ1v) is 24.5. The molecule has 2 aliphatic rings. The number of hydrogen-bond donors (Lipinski definition) is 0. The number of rotatable bonds is 18. The van der Waals surface area contributed by atoms with Crippen LogP contribution in [0.15, 0.2) is 108 Å². The third kappa shape index (κ3) is 9.99. The van der Waals surface area contributed by atoms with Crippen LogP contribution in [0.1, 0.15) is 110 Å². The van der Waals surface area contributed by atoms with E-state index in [2.05, 4.69) is 137 Å². The minimum absolute atomic E-state index is 0. The molecule has 0 amide bonds. The molecule has 5 heteroatoms. The van der Waals surface area contributed by atoms with Crippen LogP contribution < -0.4 is 24.8 Å². The van der Waals surface area contributed by atoms with Crippen molar-refractivity contribution in [2.24, 2.45) is 0 Å². The van der Waals surface area contributed by atoms with Crippen LogP contribution in [0.3, 0.4) is 0 Å². The Kier molecular flexibility index (Phi) is 17.7. The molecule has 0 bridgehead atoms. The Bertz CT molecular complexity index is 1580. The molecule has 0 spiro atoms. The second-order valence-electron chi connectivity index (χ2n) is 13.9. The Morgan fingerprint density at radius 3 is 1.14 bits per heavy atom. The zero-order valence-corrected chi connectivity index (χ0v) is 36.0. The SMILES string of the molecule is CCCCP(CCCC)C1=Cc2c(-c3ccccc3)cccc2[CH]1[Ti+2][CH]1C(P(CCCC)CCCC)=Cc2c(-c3ccccc3)cccc21.[Cl-].[Cl-]. The van der Waals surface area contributed by atoms with Crippen LogP contribution in [-0.4, -0.2) is 24.6 Å². The molecule has 0 aliphatic heterocycles. The third-order valence-corrected chi connectivity index (χ3v) is 19.8. The molecule has 268 valence electrons. The Balaban J connectivity index is 0.00000292. The molecular weight excluding hydrogens is 733 g/mol. The van der Waals surface area contributed by atoms with Crippen molar-refractivity contribution < 1.29 is 44.0 Å². The van der Waals surface area contributed by atoms with Gasteiger partial charge < -0.3 is 24.8 Å². The van der Waals surface area contributed by atoms with E-state index >= 15 is 0 Å². The predicted molar refractivity (Wildman–Crippen MR) is 218 cm³/mol. The summed E-state index contributed by atoms with van der Waals surface area (Å²) in [5, 5.41) is 3.71. The maximum absolute atomic E-state index is 2.75. The van der Waals surface area contributed by atoms with E-state index in [1.54, 1.807) is 22.3 Å². The maximum Gasteiger partial charge on any atom is -1.00 e. The molecule has 0 saturated heterocycles. The molecule has 4 aromatic carbocycles. The van der Waals surface area contributed by atoms with Gasteiger partial charge in [0, 0.05) is 0 Å². The minimum Gasteiger partial charge on any atom is -1.00 e. The van der Waals surface area contributed by atoms with E-state index in [1.165, 1.54) is 98.3 Å². The monoisotopic (exact) mass is 788 g/mol. The molecule has 0 aromatic heterocycles. The van der Waals surface area contributed by atoms with E-state index in [9.17, 15) is 0 Å². The maximum atomic E-state index is 2.75. The number of benzene rings is 4. The number of unbranched alkanes of at least 4 members (excludes halogenated alkanes) is 4. The summed E-state index contributed by atoms with van der Waals surface area (Å²) in [5.74, 6) is 0. The Morgan fingerprint density at radius 2 is 0.804 bits per heavy atom. The van der Waals surface area contributed by atoms with Gasteiger partial charge >= 0.3 is 312 Å². The molecule has 0 fully saturated rings. The van der Waals surface area contributed by atoms with Crippen LogP contribution in [0.4, 0.5) is 0 Å². The molecular formula is C46H56Cl2P2Ti. The Labute approximate surface area is 334 Å². The number of allylic oxidation sites excluding steroid dienone is 2. The second kappa shape index (κ2) is 21.4. The third-order valence-electron chi connectivity index (χ3n) is 10.4. The van der Waals surface area contributed by atoms with Gasteiger partial charge in [0.1, 0.15) is 0 Å². The van der Waals surface area contributed by atoms with Crippen molar-refractivity contribution in [1.82, 2.24) is 0 Å². The zero-order chi connectivity index (χ0) is 34.0. The first kappa shape index (κ1) is 42.3. The summed E-state index contributed by atoms with van der Waals surface area (Å²) >= 11 is -0.439. The van der Waals surface area contributed by atoms with Crippen LogP contribution in [-0.2, 0) is 19.2 Å². The molecule has 0 radical (unpaired) electrons. The summed E-state index contributed by atoms with van der Waals surface area (Å²) in [6, 6.07) is 37.0. The number of hydrogen-bond acceptors (Lipinski definition) is 0. The minimum atomic E-state index is -0.439. The van der Waals surface area contributed by atoms with Gasteiger partial charge in [-0.3, -0.25) is 0 Å². The van der Waals surface area contributed by atoms with E-state index in [4.69, 9.17) is 0 Å². The van der Waals surface area contributed by atoms with E-state index < -0.39 is 19.2 Å². The predicted octanol–water partition coefficient (Wildman–Crippen LogP) is 8.77. The van der Waals surface area contributed by atoms with Gasteiger partial charge in [-0.05, 0) is 0 Å². The van der Waals surface area contributed by atoms with E-state index in [0.717, 1.165) is 0 Å². The van der Waals surface area contributed by atoms with Crippen molar-refractivity contribution in [3.8, 4) is 22.3 Å². The van der Waals surface area contributed by atoms with Crippen LogP contribution in [0.25, 0.3) is 34.4 Å². The fraction of sp³-hybridized carbons (Fsp3) is 0.391. The quantitative estimate of drug-likeness (QED) is 0.0699. The molecule has 6 rings (SSSR count). The first-order valence-electron chi connectivity index (χ1n) is 19.2. The topological polar surface area (TPSA) is 0 Å². The van der Waals surface area contributed by atoms with Crippen molar-refractivity contribution in [3.63, 3.8) is 0 Å². The molecule has 0 heterocycles. The van der Waals surface area contributed by atoms with Crippen LogP contribution in [0.2, 0.25) is 0 Å². The molecule has 2 aliphatic carbocycles. The number of halogens is 2. The van der Waals surface area contributed by atoms with Gasteiger partial charge in [0.05, 0.1) is 0 Å². The summed E-state index contributed by atoms with van der Waals surface area (Å²) in [5.41, 5.74) is 12.0. The van der Waals surface area contributed by atoms with Crippen molar-refractivity contribution >= 4 is 28.0 Å². The molecule has 51 heavy (non-hydrogen) atoms. The smallest absolute Gasteiger partial charge is 1.00 e. The van der Waals surface area contributed by atoms with Crippen molar-refractivity contribution in [2.45, 2.75) is 87.5 Å². The molecule has 0 saturated carbocycles. The van der Waals surface area contributed by atoms with Gasteiger partial charge in [-0.25, -0.2) is 0 Å². The second-order valence-corrected chi connectivity index (χ2v) is 21.2. The summed E-state index contributed by atoms with van der Waals surface area (Å²) in [6.07, 6.45) is 21.7. The van der Waals surface area contributed by atoms with E-state index in [-0.39, 0.29) is 40.7 Å². The van der Waals surface area contributed by atoms with Crippen molar-refractivity contribution in [3.05, 3.63) is 130 Å². The van der Waals surface area contributed by atoms with E-state index in [0.29, 0.717) is 8.45 Å². The van der Waals surface area contributed by atoms with Gasteiger partial charge in [0.15, 0.2) is 0 Å².